The van der Waals surface area contributed by atoms with E-state index in [1.165, 1.54) is 6.20 Å². The van der Waals surface area contributed by atoms with Crippen LogP contribution in [0.1, 0.15) is 15.9 Å². The molecule has 0 aliphatic heterocycles. The zero-order valence-electron chi connectivity index (χ0n) is 20.0. The van der Waals surface area contributed by atoms with E-state index in [9.17, 15) is 4.79 Å². The first kappa shape index (κ1) is 24.2. The number of carboxylic acid groups (broad SMARTS) is 1. The molecule has 36 heavy (non-hydrogen) atoms. The van der Waals surface area contributed by atoms with Gasteiger partial charge >= 0.3 is 0 Å². The van der Waals surface area contributed by atoms with Gasteiger partial charge < -0.3 is 20.9 Å². The standard InChI is InChI=1S/C26H23N5O2.CH2O2/c1-15-10-18(16-8-9-17-13-29-31(2)22(17)12-16)11-19-24(15)28-14-20(26(27)32)25(19)30-21-6-4-5-7-23(21)33-3;2-1-3/h4-14H,1-3H3,(H2,27,32)(H,28,30);1H,(H,2,3). The number of nitrogens with zero attached hydrogens (tertiary/aromatic N) is 3. The minimum atomic E-state index is -0.554. The molecule has 0 aliphatic carbocycles. The van der Waals surface area contributed by atoms with Crippen LogP contribution in [-0.2, 0) is 11.8 Å². The van der Waals surface area contributed by atoms with Gasteiger partial charge in [0, 0.05) is 24.0 Å². The number of carbonyl (C=O) groups excluding carboxylic acids is 1. The van der Waals surface area contributed by atoms with Crippen LogP contribution in [0.2, 0.25) is 0 Å². The molecule has 2 heterocycles. The van der Waals surface area contributed by atoms with Crippen LogP contribution >= 0.6 is 0 Å². The highest BCUT2D eigenvalue weighted by Crippen LogP contribution is 2.37. The molecule has 0 saturated heterocycles. The number of aromatic nitrogens is 3. The zero-order valence-corrected chi connectivity index (χ0v) is 20.0. The van der Waals surface area contributed by atoms with Gasteiger partial charge in [0.05, 0.1) is 41.3 Å². The first-order valence-corrected chi connectivity index (χ1v) is 11.0. The number of benzene rings is 3. The van der Waals surface area contributed by atoms with Crippen molar-refractivity contribution in [2.75, 3.05) is 12.4 Å². The number of aryl methyl sites for hydroxylation is 2. The summed E-state index contributed by atoms with van der Waals surface area (Å²) in [6, 6.07) is 17.9. The molecular formula is C27H25N5O4. The Kier molecular flexibility index (Phi) is 6.82. The maximum atomic E-state index is 12.3. The lowest BCUT2D eigenvalue weighted by molar-refractivity contribution is -0.122. The number of ether oxygens (including phenoxy) is 1. The quantitative estimate of drug-likeness (QED) is 0.310. The molecule has 3 aromatic carbocycles. The molecule has 4 N–H and O–H groups in total. The number of para-hydroxylation sites is 2. The lowest BCUT2D eigenvalue weighted by atomic mass is 9.97. The van der Waals surface area contributed by atoms with Crippen LogP contribution < -0.4 is 15.8 Å². The summed E-state index contributed by atoms with van der Waals surface area (Å²) >= 11 is 0. The monoisotopic (exact) mass is 483 g/mol. The maximum absolute atomic E-state index is 12.3. The van der Waals surface area contributed by atoms with Crippen molar-refractivity contribution in [1.29, 1.82) is 0 Å². The van der Waals surface area contributed by atoms with Gasteiger partial charge in [-0.25, -0.2) is 0 Å². The van der Waals surface area contributed by atoms with Crippen molar-refractivity contribution in [2.24, 2.45) is 12.8 Å². The number of carbonyl (C=O) groups is 2. The number of rotatable bonds is 5. The van der Waals surface area contributed by atoms with Crippen molar-refractivity contribution in [3.8, 4) is 16.9 Å². The Bertz CT molecular complexity index is 1590. The van der Waals surface area contributed by atoms with E-state index in [0.29, 0.717) is 17.0 Å². The van der Waals surface area contributed by atoms with E-state index < -0.39 is 5.91 Å². The van der Waals surface area contributed by atoms with Crippen molar-refractivity contribution >= 4 is 45.6 Å². The molecule has 0 aliphatic rings. The molecule has 5 aromatic rings. The van der Waals surface area contributed by atoms with Crippen molar-refractivity contribution < 1.29 is 19.4 Å². The first-order chi connectivity index (χ1) is 17.4. The third kappa shape index (κ3) is 4.54. The molecule has 2 aromatic heterocycles. The Hall–Kier alpha value is -4.92. The highest BCUT2D eigenvalue weighted by Gasteiger charge is 2.17. The van der Waals surface area contributed by atoms with E-state index in [4.69, 9.17) is 20.4 Å². The van der Waals surface area contributed by atoms with Crippen molar-refractivity contribution in [3.63, 3.8) is 0 Å². The summed E-state index contributed by atoms with van der Waals surface area (Å²) in [5.74, 6) is 0.105. The van der Waals surface area contributed by atoms with Gasteiger partial charge in [-0.15, -0.1) is 0 Å². The average molecular weight is 484 g/mol. The molecule has 9 heteroatoms. The first-order valence-electron chi connectivity index (χ1n) is 11.0. The van der Waals surface area contributed by atoms with Crippen LogP contribution in [0.4, 0.5) is 11.4 Å². The van der Waals surface area contributed by atoms with E-state index >= 15 is 0 Å². The van der Waals surface area contributed by atoms with Crippen LogP contribution in [0.25, 0.3) is 32.9 Å². The molecule has 0 radical (unpaired) electrons. The highest BCUT2D eigenvalue weighted by atomic mass is 16.5. The number of nitrogens with one attached hydrogen (secondary N) is 1. The van der Waals surface area contributed by atoms with Crippen molar-refractivity contribution in [1.82, 2.24) is 14.8 Å². The van der Waals surface area contributed by atoms with Crippen molar-refractivity contribution in [3.05, 3.63) is 78.1 Å². The minimum absolute atomic E-state index is 0.250. The molecule has 9 nitrogen and oxygen atoms in total. The van der Waals surface area contributed by atoms with Gasteiger partial charge in [-0.05, 0) is 53.9 Å². The second kappa shape index (κ2) is 10.1. The minimum Gasteiger partial charge on any atom is -0.495 e. The van der Waals surface area contributed by atoms with Gasteiger partial charge in [0.15, 0.2) is 0 Å². The van der Waals surface area contributed by atoms with Crippen LogP contribution in [0.3, 0.4) is 0 Å². The van der Waals surface area contributed by atoms with Gasteiger partial charge in [0.25, 0.3) is 12.4 Å². The molecule has 0 fully saturated rings. The van der Waals surface area contributed by atoms with Crippen LogP contribution in [0, 0.1) is 6.92 Å². The summed E-state index contributed by atoms with van der Waals surface area (Å²) in [4.78, 5) is 25.2. The number of pyridine rings is 1. The largest absolute Gasteiger partial charge is 0.495 e. The van der Waals surface area contributed by atoms with E-state index in [2.05, 4.69) is 39.7 Å². The topological polar surface area (TPSA) is 132 Å². The number of amides is 1. The molecule has 5 rings (SSSR count). The Morgan fingerprint density at radius 2 is 1.86 bits per heavy atom. The lowest BCUT2D eigenvalue weighted by Crippen LogP contribution is -2.14. The molecule has 0 unspecified atom stereocenters. The molecule has 0 spiro atoms. The van der Waals surface area contributed by atoms with E-state index in [0.717, 1.165) is 44.2 Å². The number of nitrogens with two attached hydrogens (primary N) is 1. The SMILES string of the molecule is COc1ccccc1Nc1c(C(N)=O)cnc2c(C)cc(-c3ccc4cnn(C)c4c3)cc12.O=CO. The summed E-state index contributed by atoms with van der Waals surface area (Å²) in [5, 5.41) is 16.5. The van der Waals surface area contributed by atoms with Gasteiger partial charge in [-0.3, -0.25) is 19.3 Å². The molecule has 0 atom stereocenters. The number of hydrogen-bond donors (Lipinski definition) is 3. The summed E-state index contributed by atoms with van der Waals surface area (Å²) in [6.07, 6.45) is 3.37. The number of methoxy groups -OCH3 is 1. The average Bonchev–Trinajstić information content (AvgIpc) is 3.25. The molecular weight excluding hydrogens is 458 g/mol. The van der Waals surface area contributed by atoms with Gasteiger partial charge in [-0.2, -0.15) is 5.10 Å². The number of primary amides is 1. The summed E-state index contributed by atoms with van der Waals surface area (Å²) in [7, 11) is 3.53. The highest BCUT2D eigenvalue weighted by molar-refractivity contribution is 6.09. The second-order valence-electron chi connectivity index (χ2n) is 8.07. The van der Waals surface area contributed by atoms with Crippen LogP contribution in [-0.4, -0.2) is 39.4 Å². The Morgan fingerprint density at radius 3 is 2.58 bits per heavy atom. The fourth-order valence-corrected chi connectivity index (χ4v) is 4.17. The summed E-state index contributed by atoms with van der Waals surface area (Å²) < 4.78 is 7.34. The van der Waals surface area contributed by atoms with Gasteiger partial charge in [0.2, 0.25) is 0 Å². The third-order valence-electron chi connectivity index (χ3n) is 5.88. The van der Waals surface area contributed by atoms with Crippen LogP contribution in [0.15, 0.2) is 67.0 Å². The third-order valence-corrected chi connectivity index (χ3v) is 5.88. The van der Waals surface area contributed by atoms with E-state index in [1.54, 1.807) is 7.11 Å². The summed E-state index contributed by atoms with van der Waals surface area (Å²) in [5.41, 5.74) is 12.3. The fraction of sp³-hybridized carbons (Fsp3) is 0.111. The fourth-order valence-electron chi connectivity index (χ4n) is 4.17. The number of fused-ring (bicyclic) bond motifs is 2. The predicted molar refractivity (Wildman–Crippen MR) is 140 cm³/mol. The Balaban J connectivity index is 0.000000967. The Labute approximate surface area is 207 Å². The van der Waals surface area contributed by atoms with E-state index in [1.807, 2.05) is 55.2 Å². The van der Waals surface area contributed by atoms with Gasteiger partial charge in [-0.1, -0.05) is 24.3 Å². The number of hydrogen-bond acceptors (Lipinski definition) is 6. The molecule has 1 amide bonds. The summed E-state index contributed by atoms with van der Waals surface area (Å²) in [6.45, 7) is 1.76. The maximum Gasteiger partial charge on any atom is 0.290 e. The lowest BCUT2D eigenvalue weighted by Gasteiger charge is -2.17. The molecule has 0 saturated carbocycles. The van der Waals surface area contributed by atoms with Crippen molar-refractivity contribution in [2.45, 2.75) is 6.92 Å². The second-order valence-corrected chi connectivity index (χ2v) is 8.07. The zero-order chi connectivity index (χ0) is 25.8. The normalized spacial score (nSPS) is 10.5. The predicted octanol–water partition coefficient (Wildman–Crippen LogP) is 4.65. The smallest absolute Gasteiger partial charge is 0.290 e. The molecule has 182 valence electrons. The van der Waals surface area contributed by atoms with E-state index in [-0.39, 0.29) is 6.47 Å². The number of anilines is 2. The van der Waals surface area contributed by atoms with Gasteiger partial charge in [0.1, 0.15) is 5.75 Å². The van der Waals surface area contributed by atoms with Crippen LogP contribution in [0.5, 0.6) is 5.75 Å². The molecule has 0 bridgehead atoms. The Morgan fingerprint density at radius 1 is 1.11 bits per heavy atom.